The zero-order chi connectivity index (χ0) is 22.7. The molecule has 1 atom stereocenters. The van der Waals surface area contributed by atoms with Crippen LogP contribution in [0.1, 0.15) is 47.9 Å². The predicted octanol–water partition coefficient (Wildman–Crippen LogP) is 1.65. The molecule has 2 aromatic heterocycles. The Labute approximate surface area is 181 Å². The fourth-order valence-electron chi connectivity index (χ4n) is 3.53. The lowest BCUT2D eigenvalue weighted by Crippen LogP contribution is -2.38. The van der Waals surface area contributed by atoms with E-state index < -0.39 is 17.5 Å². The van der Waals surface area contributed by atoms with Crippen LogP contribution in [0.25, 0.3) is 5.82 Å². The van der Waals surface area contributed by atoms with Gasteiger partial charge in [-0.05, 0) is 48.8 Å². The first-order valence-electron chi connectivity index (χ1n) is 9.99. The van der Waals surface area contributed by atoms with Crippen LogP contribution in [0.15, 0.2) is 27.9 Å². The first-order chi connectivity index (χ1) is 15.4. The number of likely N-dealkylation sites (tertiary alicyclic amines) is 1. The molecule has 0 saturated carbocycles. The summed E-state index contributed by atoms with van der Waals surface area (Å²) in [6.45, 7) is 3.32. The van der Waals surface area contributed by atoms with E-state index in [9.17, 15) is 13.6 Å². The number of hydrazone groups is 1. The third-order valence-electron chi connectivity index (χ3n) is 5.30. The van der Waals surface area contributed by atoms with Crippen molar-refractivity contribution >= 4 is 17.9 Å². The molecule has 1 amide bonds. The van der Waals surface area contributed by atoms with E-state index in [-0.39, 0.29) is 22.9 Å². The van der Waals surface area contributed by atoms with Crippen LogP contribution in [0, 0.1) is 11.6 Å². The summed E-state index contributed by atoms with van der Waals surface area (Å²) < 4.78 is 32.7. The number of hydrogen-bond donors (Lipinski definition) is 2. The van der Waals surface area contributed by atoms with E-state index in [4.69, 9.17) is 5.73 Å². The van der Waals surface area contributed by atoms with Gasteiger partial charge in [0, 0.05) is 24.2 Å². The average Bonchev–Trinajstić information content (AvgIpc) is 3.37. The maximum atomic E-state index is 13.7. The third kappa shape index (κ3) is 4.46. The number of amides is 1. The van der Waals surface area contributed by atoms with Crippen molar-refractivity contribution in [3.63, 3.8) is 0 Å². The summed E-state index contributed by atoms with van der Waals surface area (Å²) in [5.41, 5.74) is 8.54. The molecule has 0 unspecified atom stereocenters. The zero-order valence-corrected chi connectivity index (χ0v) is 17.2. The largest absolute Gasteiger partial charge is 0.378 e. The van der Waals surface area contributed by atoms with Gasteiger partial charge < -0.3 is 5.73 Å². The van der Waals surface area contributed by atoms with Gasteiger partial charge in [-0.1, -0.05) is 11.6 Å². The second-order valence-corrected chi connectivity index (χ2v) is 7.45. The number of carbonyl (C=O) groups is 1. The Morgan fingerprint density at radius 2 is 2.22 bits per heavy atom. The highest BCUT2D eigenvalue weighted by atomic mass is 19.1. The molecule has 168 valence electrons. The lowest BCUT2D eigenvalue weighted by atomic mass is 10.0. The first kappa shape index (κ1) is 21.5. The molecular formula is C19H21F2N9O2. The second kappa shape index (κ2) is 9.18. The predicted molar refractivity (Wildman–Crippen MR) is 109 cm³/mol. The van der Waals surface area contributed by atoms with E-state index in [1.807, 2.05) is 0 Å². The number of aromatic nitrogens is 5. The number of nitrogens with two attached hydrogens (primary N) is 1. The van der Waals surface area contributed by atoms with Crippen LogP contribution in [-0.4, -0.2) is 54.9 Å². The Hall–Kier alpha value is -3.74. The summed E-state index contributed by atoms with van der Waals surface area (Å²) >= 11 is 0. The van der Waals surface area contributed by atoms with E-state index in [2.05, 4.69) is 47.6 Å². The topological polar surface area (TPSA) is 140 Å². The number of nitrogens with one attached hydrogen (secondary N) is 1. The molecule has 3 aromatic rings. The van der Waals surface area contributed by atoms with Crippen molar-refractivity contribution in [2.45, 2.75) is 38.8 Å². The summed E-state index contributed by atoms with van der Waals surface area (Å²) in [6, 6.07) is 3.32. The maximum Gasteiger partial charge on any atom is 0.293 e. The van der Waals surface area contributed by atoms with Crippen molar-refractivity contribution in [2.24, 2.45) is 5.10 Å². The molecule has 0 aliphatic carbocycles. The van der Waals surface area contributed by atoms with Crippen LogP contribution in [0.3, 0.4) is 0 Å². The van der Waals surface area contributed by atoms with Crippen LogP contribution >= 0.6 is 0 Å². The van der Waals surface area contributed by atoms with Gasteiger partial charge in [-0.3, -0.25) is 9.69 Å². The minimum Gasteiger partial charge on any atom is -0.378 e. The molecular weight excluding hydrogens is 424 g/mol. The Bertz CT molecular complexity index is 1140. The molecule has 32 heavy (non-hydrogen) atoms. The quantitative estimate of drug-likeness (QED) is 0.431. The lowest BCUT2D eigenvalue weighted by Gasteiger charge is -2.33. The molecule has 4 rings (SSSR count). The number of hydrogen-bond acceptors (Lipinski definition) is 9. The molecule has 0 bridgehead atoms. The van der Waals surface area contributed by atoms with E-state index >= 15 is 0 Å². The molecule has 3 heterocycles. The van der Waals surface area contributed by atoms with Gasteiger partial charge in [-0.25, -0.2) is 18.8 Å². The van der Waals surface area contributed by atoms with Gasteiger partial charge in [0.1, 0.15) is 11.6 Å². The number of halogens is 2. The summed E-state index contributed by atoms with van der Waals surface area (Å²) in [7, 11) is 0. The van der Waals surface area contributed by atoms with Crippen LogP contribution in [-0.2, 0) is 6.54 Å². The number of rotatable bonds is 6. The highest BCUT2D eigenvalue weighted by Gasteiger charge is 2.28. The molecule has 11 nitrogen and oxygen atoms in total. The van der Waals surface area contributed by atoms with Gasteiger partial charge in [0.15, 0.2) is 5.69 Å². The SMILES string of the molecule is C[C@@H]1CCCCN1Cc1c(C(=O)N/N=C/c2ccc(F)cc2F)nnn1-c1nonc1N. The Balaban J connectivity index is 1.59. The number of benzene rings is 1. The number of nitrogens with zero attached hydrogens (tertiary/aromatic N) is 7. The Kier molecular flexibility index (Phi) is 6.16. The molecule has 1 fully saturated rings. The minimum absolute atomic E-state index is 0.000364. The minimum atomic E-state index is -0.803. The van der Waals surface area contributed by atoms with Crippen molar-refractivity contribution < 1.29 is 18.2 Å². The normalized spacial score (nSPS) is 17.2. The second-order valence-electron chi connectivity index (χ2n) is 7.45. The maximum absolute atomic E-state index is 13.7. The van der Waals surface area contributed by atoms with Crippen molar-refractivity contribution in [1.82, 2.24) is 35.6 Å². The molecule has 3 N–H and O–H groups in total. The number of anilines is 1. The Morgan fingerprint density at radius 3 is 2.94 bits per heavy atom. The fraction of sp³-hybridized carbons (Fsp3) is 0.368. The van der Waals surface area contributed by atoms with Gasteiger partial charge in [0.2, 0.25) is 11.6 Å². The molecule has 1 saturated heterocycles. The van der Waals surface area contributed by atoms with Gasteiger partial charge >= 0.3 is 0 Å². The third-order valence-corrected chi connectivity index (χ3v) is 5.30. The van der Waals surface area contributed by atoms with E-state index in [0.29, 0.717) is 18.3 Å². The lowest BCUT2D eigenvalue weighted by molar-refractivity contribution is 0.0945. The molecule has 13 heteroatoms. The molecule has 1 aliphatic heterocycles. The monoisotopic (exact) mass is 445 g/mol. The summed E-state index contributed by atoms with van der Waals surface area (Å²) in [5, 5.41) is 19.0. The first-order valence-corrected chi connectivity index (χ1v) is 9.99. The van der Waals surface area contributed by atoms with Crippen LogP contribution in [0.4, 0.5) is 14.6 Å². The molecule has 0 radical (unpaired) electrons. The smallest absolute Gasteiger partial charge is 0.293 e. The van der Waals surface area contributed by atoms with Gasteiger partial charge in [-0.2, -0.15) is 9.78 Å². The molecule has 1 aromatic carbocycles. The summed E-state index contributed by atoms with van der Waals surface area (Å²) in [4.78, 5) is 15.0. The van der Waals surface area contributed by atoms with Crippen molar-refractivity contribution in [3.05, 3.63) is 46.8 Å². The highest BCUT2D eigenvalue weighted by Crippen LogP contribution is 2.22. The average molecular weight is 445 g/mol. The van der Waals surface area contributed by atoms with Crippen LogP contribution in [0.5, 0.6) is 0 Å². The van der Waals surface area contributed by atoms with Crippen molar-refractivity contribution in [1.29, 1.82) is 0 Å². The molecule has 1 aliphatic rings. The van der Waals surface area contributed by atoms with Gasteiger partial charge in [0.05, 0.1) is 11.9 Å². The van der Waals surface area contributed by atoms with E-state index in [0.717, 1.165) is 44.2 Å². The Morgan fingerprint density at radius 1 is 1.38 bits per heavy atom. The summed E-state index contributed by atoms with van der Waals surface area (Å²) in [5.74, 6) is -2.06. The van der Waals surface area contributed by atoms with Gasteiger partial charge in [-0.15, -0.1) is 5.10 Å². The highest BCUT2D eigenvalue weighted by molar-refractivity contribution is 5.94. The van der Waals surface area contributed by atoms with Crippen molar-refractivity contribution in [3.8, 4) is 5.82 Å². The number of carbonyl (C=O) groups excluding carboxylic acids is 1. The van der Waals surface area contributed by atoms with Crippen molar-refractivity contribution in [2.75, 3.05) is 12.3 Å². The fourth-order valence-corrected chi connectivity index (χ4v) is 3.53. The summed E-state index contributed by atoms with van der Waals surface area (Å²) in [6.07, 6.45) is 4.28. The molecule has 0 spiro atoms. The van der Waals surface area contributed by atoms with E-state index in [1.165, 1.54) is 10.7 Å². The van der Waals surface area contributed by atoms with Crippen LogP contribution in [0.2, 0.25) is 0 Å². The number of piperidine rings is 1. The standard InChI is InChI=1S/C19H21F2N9O2/c1-11-4-2-3-7-29(11)10-15-16(24-28-30(15)18-17(22)26-32-27-18)19(31)25-23-9-12-5-6-13(20)8-14(12)21/h5-6,8-9,11H,2-4,7,10H2,1H3,(H2,22,26)(H,25,31)/b23-9+/t11-/m1/s1. The van der Waals surface area contributed by atoms with E-state index in [1.54, 1.807) is 0 Å². The van der Waals surface area contributed by atoms with Gasteiger partial charge in [0.25, 0.3) is 5.91 Å². The zero-order valence-electron chi connectivity index (χ0n) is 17.2. The number of nitrogen functional groups attached to an aromatic ring is 1. The van der Waals surface area contributed by atoms with Crippen LogP contribution < -0.4 is 11.2 Å².